The zero-order valence-electron chi connectivity index (χ0n) is 76.8. The number of halogens is 5. The lowest BCUT2D eigenvalue weighted by molar-refractivity contribution is -0.306. The molecule has 8 aromatic rings. The predicted molar refractivity (Wildman–Crippen MR) is 536 cm³/mol. The van der Waals surface area contributed by atoms with Gasteiger partial charge in [-0.2, -0.15) is 0 Å². The number of aliphatic imine (C=N–C) groups is 1. The van der Waals surface area contributed by atoms with Crippen molar-refractivity contribution in [2.45, 2.75) is 184 Å². The smallest absolute Gasteiger partial charge is 0.325 e. The Labute approximate surface area is 823 Å². The minimum Gasteiger partial charge on any atom is -0.397 e. The maximum Gasteiger partial charge on any atom is 0.325 e. The van der Waals surface area contributed by atoms with Gasteiger partial charge in [-0.3, -0.25) is 44.5 Å². The number of thiocarbonyl (C=S) groups is 1. The first-order valence-electron chi connectivity index (χ1n) is 45.5. The number of aliphatic hydroxyl groups is 1. The van der Waals surface area contributed by atoms with Crippen molar-refractivity contribution in [2.24, 2.45) is 38.1 Å². The van der Waals surface area contributed by atoms with E-state index in [1.54, 1.807) is 65.9 Å². The highest BCUT2D eigenvalue weighted by Crippen LogP contribution is 2.65. The third-order valence-corrected chi connectivity index (χ3v) is 31.5. The lowest BCUT2D eigenvalue weighted by Crippen LogP contribution is -2.55. The number of carbonyl (C=O) groups is 6. The molecule has 0 radical (unpaired) electrons. The van der Waals surface area contributed by atoms with Gasteiger partial charge in [0.2, 0.25) is 0 Å². The van der Waals surface area contributed by atoms with E-state index in [0.29, 0.717) is 44.0 Å². The van der Waals surface area contributed by atoms with Crippen LogP contribution in [0.15, 0.2) is 193 Å². The van der Waals surface area contributed by atoms with E-state index >= 15 is 0 Å². The molecule has 4 atom stereocenters. The van der Waals surface area contributed by atoms with E-state index < -0.39 is 27.8 Å². The summed E-state index contributed by atoms with van der Waals surface area (Å²) in [5, 5.41) is 29.3. The van der Waals surface area contributed by atoms with E-state index in [4.69, 9.17) is 47.5 Å². The maximum atomic E-state index is 14.1. The highest BCUT2D eigenvalue weighted by Gasteiger charge is 2.71. The number of benzene rings is 8. The molecule has 10 N–H and O–H groups in total. The van der Waals surface area contributed by atoms with Gasteiger partial charge in [-0.15, -0.1) is 0 Å². The number of alkyl halides is 1. The second-order valence-corrected chi connectivity index (χ2v) is 41.7. The highest BCUT2D eigenvalue weighted by atomic mass is 79.9. The summed E-state index contributed by atoms with van der Waals surface area (Å²) in [6.45, 7) is 10.4. The van der Waals surface area contributed by atoms with Gasteiger partial charge in [-0.25, -0.2) is 19.5 Å². The van der Waals surface area contributed by atoms with Crippen LogP contribution in [0.4, 0.5) is 9.59 Å². The fraction of sp³-hybridized carbons (Fsp3) is 0.456. The Bertz CT molecular complexity index is 5340. The predicted octanol–water partition coefficient (Wildman–Crippen LogP) is 17.1. The van der Waals surface area contributed by atoms with Crippen LogP contribution in [-0.2, 0) is 142 Å². The summed E-state index contributed by atoms with van der Waals surface area (Å²) >= 11 is 23.2. The van der Waals surface area contributed by atoms with Gasteiger partial charge in [-0.05, 0) is 313 Å². The molecule has 704 valence electrons. The van der Waals surface area contributed by atoms with Gasteiger partial charge in [-0.1, -0.05) is 201 Å². The van der Waals surface area contributed by atoms with Crippen molar-refractivity contribution in [3.63, 3.8) is 0 Å². The van der Waals surface area contributed by atoms with E-state index in [1.807, 2.05) is 24.3 Å². The number of hydrogen-bond donors (Lipinski definition) is 8. The summed E-state index contributed by atoms with van der Waals surface area (Å²) in [6, 6.07) is 58.7. The second-order valence-electron chi connectivity index (χ2n) is 36.9. The molecular formula is C103H123Br5N10O13S. The molecule has 4 heterocycles. The summed E-state index contributed by atoms with van der Waals surface area (Å²) in [7, 11) is 8.05. The molecule has 0 bridgehead atoms. The molecule has 8 aromatic carbocycles. The summed E-state index contributed by atoms with van der Waals surface area (Å²) in [5.41, 5.74) is 25.4. The molecule has 4 unspecified atom stereocenters. The fourth-order valence-electron chi connectivity index (χ4n) is 22.8. The number of methoxy groups -OCH3 is 4. The molecule has 3 saturated heterocycles. The Hall–Kier alpha value is -7.98. The SMILES string of the molecule is CC(C)(C)OO.CCO.CN.COCCBr.COCCN1C(=O)C2(N=C1N)c1cc(Br)ccc1CC21CCc2ccccc2CC1.COCCN1C(=O)C2(NC1=S)c1cc(Br)ccc1CC21CCc2ccccc2CC1.COCCN1C(=O)NC2(C1=O)c1cc(Br)ccc1CC21CCc2ccccc2CC1.O=C1NC(=O)C2(N1)c1cc(Br)ccc1CC21CCc2ccccc2CC1. The van der Waals surface area contributed by atoms with E-state index in [1.165, 1.54) is 67.6 Å². The molecular weight excluding hydrogens is 2020 g/mol. The van der Waals surface area contributed by atoms with Gasteiger partial charge in [0.15, 0.2) is 33.2 Å². The molecule has 29 heteroatoms. The van der Waals surface area contributed by atoms with E-state index in [2.05, 4.69) is 262 Å². The quantitative estimate of drug-likeness (QED) is 0.0196. The fourth-order valence-corrected chi connectivity index (χ4v) is 24.9. The van der Waals surface area contributed by atoms with Crippen LogP contribution >= 0.6 is 91.9 Å². The first kappa shape index (κ1) is 101. The molecule has 12 aliphatic rings. The van der Waals surface area contributed by atoms with Crippen LogP contribution in [-0.4, -0.2) is 171 Å². The van der Waals surface area contributed by atoms with Crippen LogP contribution < -0.4 is 32.7 Å². The second kappa shape index (κ2) is 43.2. The normalized spacial score (nSPS) is 22.5. The average Bonchev–Trinajstić information content (AvgIpc) is 1.54. The number of amides is 8. The Morgan fingerprint density at radius 3 is 1.05 bits per heavy atom. The Balaban J connectivity index is 0.000000142. The molecule has 4 aliphatic heterocycles. The van der Waals surface area contributed by atoms with Gasteiger partial charge in [0, 0.05) is 79.9 Å². The lowest BCUT2D eigenvalue weighted by atomic mass is 9.65. The first-order chi connectivity index (χ1) is 63.4. The third kappa shape index (κ3) is 19.2. The summed E-state index contributed by atoms with van der Waals surface area (Å²) in [4.78, 5) is 94.0. The van der Waals surface area contributed by atoms with Crippen LogP contribution in [0.25, 0.3) is 0 Å². The number of fused-ring (bicyclic) bond motifs is 16. The number of rotatable bonds is 11. The zero-order chi connectivity index (χ0) is 94.8. The van der Waals surface area contributed by atoms with E-state index in [0.717, 1.165) is 192 Å². The molecule has 8 spiro atoms. The summed E-state index contributed by atoms with van der Waals surface area (Å²) in [6.07, 6.45) is 18.1. The molecule has 132 heavy (non-hydrogen) atoms. The minimum atomic E-state index is -1.01. The highest BCUT2D eigenvalue weighted by molar-refractivity contribution is 9.11. The Morgan fingerprint density at radius 2 is 0.720 bits per heavy atom. The first-order valence-corrected chi connectivity index (χ1v) is 50.2. The molecule has 0 saturated carbocycles. The van der Waals surface area contributed by atoms with Crippen LogP contribution in [0.3, 0.4) is 0 Å². The van der Waals surface area contributed by atoms with Crippen LogP contribution in [0.2, 0.25) is 0 Å². The van der Waals surface area contributed by atoms with E-state index in [9.17, 15) is 28.8 Å². The van der Waals surface area contributed by atoms with Gasteiger partial charge < -0.3 is 51.5 Å². The molecule has 20 rings (SSSR count). The number of guanidine groups is 1. The van der Waals surface area contributed by atoms with Gasteiger partial charge in [0.25, 0.3) is 23.6 Å². The topological polar surface area (TPSA) is 311 Å². The standard InChI is InChI=1S/C24H26BrN3O2.C24H25BrN2O3.C24H25BrN2O2S.C21H19BrN2O2.C4H10O2.C3H7BrO.C2H6O.CH5N/c1-30-13-12-28-21(29)24(27-22(28)26)20-14-19(25)7-6-18(20)15-23(24)10-8-16-4-2-3-5-17(16)9-11-23;1-30-13-12-27-21(28)24(26-22(27)29)20-14-19(25)7-6-18(20)15-23(24)10-8-16-4-2-3-5-17(16)9-11-23;1-29-13-12-27-21(28)24(26-22(27)30)20-14-19(25)7-6-18(20)15-23(24)10-8-16-4-2-3-5-17(16)9-11-23;22-16-6-5-15-12-20(9-7-13-3-1-2-4-14(13)8-10-20)21(17(15)11-16)18(25)23-19(26)24-21;1-4(2,3)6-5;1-5-3-2-4;1-2-3;1-2/h2-7,14H,8-13,15H2,1H3,(H2,26,27);2-7,14H,8-13,15H2,1H3,(H,26,29);2-7,14H,8-13,15H2,1H3,(H,26,30);1-6,11H,7-10,12H2,(H2,23,24,25,26);5H,1-3H3;2-3H2,1H3;3H,2H2,1H3;2H2,1H3. The molecule has 3 fully saturated rings. The molecule has 0 aromatic heterocycles. The number of ether oxygens (including phenoxy) is 4. The number of urea groups is 2. The van der Waals surface area contributed by atoms with Gasteiger partial charge >= 0.3 is 12.1 Å². The van der Waals surface area contributed by atoms with Crippen molar-refractivity contribution in [3.05, 3.63) is 277 Å². The van der Waals surface area contributed by atoms with Crippen molar-refractivity contribution in [1.29, 1.82) is 0 Å². The zero-order valence-corrected chi connectivity index (χ0v) is 85.5. The Morgan fingerprint density at radius 1 is 0.424 bits per heavy atom. The number of carbonyl (C=O) groups excluding carboxylic acids is 6. The largest absolute Gasteiger partial charge is 0.397 e. The van der Waals surface area contributed by atoms with Crippen LogP contribution in [0.1, 0.15) is 168 Å². The lowest BCUT2D eigenvalue weighted by Gasteiger charge is -2.42. The van der Waals surface area contributed by atoms with Gasteiger partial charge in [0.1, 0.15) is 0 Å². The number of imide groups is 2. The van der Waals surface area contributed by atoms with Crippen molar-refractivity contribution in [3.8, 4) is 0 Å². The van der Waals surface area contributed by atoms with Crippen molar-refractivity contribution in [2.75, 3.05) is 93.5 Å². The average molecular weight is 2140 g/mol. The Kier molecular flexibility index (Phi) is 33.2. The van der Waals surface area contributed by atoms with Crippen molar-refractivity contribution in [1.82, 2.24) is 36.0 Å². The van der Waals surface area contributed by atoms with Crippen molar-refractivity contribution >= 4 is 139 Å². The van der Waals surface area contributed by atoms with Crippen LogP contribution in [0, 0.1) is 21.7 Å². The van der Waals surface area contributed by atoms with Crippen LogP contribution in [0.5, 0.6) is 0 Å². The number of aliphatic hydroxyl groups excluding tert-OH is 1. The van der Waals surface area contributed by atoms with E-state index in [-0.39, 0.29) is 70.5 Å². The third-order valence-electron chi connectivity index (χ3n) is 28.9. The number of nitrogens with zero attached hydrogens (tertiary/aromatic N) is 4. The summed E-state index contributed by atoms with van der Waals surface area (Å²) in [5.74, 6) is 0.0517. The molecule has 23 nitrogen and oxygen atoms in total. The molecule has 8 aliphatic carbocycles. The maximum absolute atomic E-state index is 14.1. The molecule has 8 amide bonds. The minimum absolute atomic E-state index is 0.000133. The number of nitrogens with two attached hydrogens (primary N) is 2. The van der Waals surface area contributed by atoms with Crippen molar-refractivity contribution < 1.29 is 63.0 Å². The summed E-state index contributed by atoms with van der Waals surface area (Å²) < 4.78 is 24.1. The number of aryl methyl sites for hydroxylation is 8. The monoisotopic (exact) mass is 2130 g/mol. The number of nitrogens with one attached hydrogen (secondary N) is 4. The number of hydrogen-bond acceptors (Lipinski definition) is 17. The van der Waals surface area contributed by atoms with Gasteiger partial charge in [0.05, 0.1) is 51.7 Å².